The Morgan fingerprint density at radius 3 is 2.38 bits per heavy atom. The van der Waals surface area contributed by atoms with Crippen molar-refractivity contribution in [3.8, 4) is 0 Å². The highest BCUT2D eigenvalue weighted by Crippen LogP contribution is 2.18. The minimum atomic E-state index is -0.700. The van der Waals surface area contributed by atoms with Crippen molar-refractivity contribution in [1.82, 2.24) is 10.2 Å². The van der Waals surface area contributed by atoms with Crippen LogP contribution < -0.4 is 5.32 Å². The quantitative estimate of drug-likeness (QED) is 0.878. The third-order valence-electron chi connectivity index (χ3n) is 3.11. The molecule has 2 atom stereocenters. The molecule has 0 fully saturated rings. The van der Waals surface area contributed by atoms with E-state index in [-0.39, 0.29) is 18.2 Å². The molecule has 1 rings (SSSR count). The summed E-state index contributed by atoms with van der Waals surface area (Å²) in [5.41, 5.74) is 0.213. The molecule has 0 saturated heterocycles. The molecule has 118 valence electrons. The van der Waals surface area contributed by atoms with Crippen LogP contribution >= 0.6 is 0 Å². The van der Waals surface area contributed by atoms with Crippen LogP contribution in [0.2, 0.25) is 0 Å². The van der Waals surface area contributed by atoms with Crippen LogP contribution in [0.15, 0.2) is 18.2 Å². The molecule has 0 heterocycles. The summed E-state index contributed by atoms with van der Waals surface area (Å²) in [4.78, 5) is 13.7. The Morgan fingerprint density at radius 2 is 1.90 bits per heavy atom. The summed E-state index contributed by atoms with van der Waals surface area (Å²) in [7, 11) is 0. The zero-order chi connectivity index (χ0) is 16.2. The van der Waals surface area contributed by atoms with Gasteiger partial charge < -0.3 is 15.3 Å². The molecule has 0 radical (unpaired) electrons. The maximum Gasteiger partial charge on any atom is 0.318 e. The van der Waals surface area contributed by atoms with Crippen LogP contribution in [0.25, 0.3) is 0 Å². The predicted molar refractivity (Wildman–Crippen MR) is 76.8 cm³/mol. The Bertz CT molecular complexity index is 493. The zero-order valence-corrected chi connectivity index (χ0v) is 12.7. The molecule has 6 heteroatoms. The van der Waals surface area contributed by atoms with Gasteiger partial charge in [-0.25, -0.2) is 13.6 Å². The van der Waals surface area contributed by atoms with Crippen molar-refractivity contribution in [2.75, 3.05) is 6.54 Å². The summed E-state index contributed by atoms with van der Waals surface area (Å²) < 4.78 is 26.6. The number of carbonyl (C=O) groups excluding carboxylic acids is 1. The fourth-order valence-electron chi connectivity index (χ4n) is 2.01. The van der Waals surface area contributed by atoms with E-state index >= 15 is 0 Å². The Hall–Kier alpha value is -1.69. The number of aliphatic hydroxyl groups excluding tert-OH is 1. The molecule has 0 spiro atoms. The molecule has 2 unspecified atom stereocenters. The van der Waals surface area contributed by atoms with E-state index in [0.29, 0.717) is 0 Å². The Morgan fingerprint density at radius 1 is 1.29 bits per heavy atom. The molecule has 0 aromatic heterocycles. The van der Waals surface area contributed by atoms with E-state index < -0.39 is 29.8 Å². The van der Waals surface area contributed by atoms with E-state index in [9.17, 15) is 18.7 Å². The average Bonchev–Trinajstić information content (AvgIpc) is 2.34. The van der Waals surface area contributed by atoms with Crippen molar-refractivity contribution in [2.24, 2.45) is 0 Å². The lowest BCUT2D eigenvalue weighted by Gasteiger charge is -2.29. The third kappa shape index (κ3) is 4.97. The number of urea groups is 1. The molecule has 21 heavy (non-hydrogen) atoms. The Labute approximate surface area is 123 Å². The summed E-state index contributed by atoms with van der Waals surface area (Å²) in [5.74, 6) is -1.36. The summed E-state index contributed by atoms with van der Waals surface area (Å²) in [6.45, 7) is 7.04. The Balaban J connectivity index is 2.80. The van der Waals surface area contributed by atoms with Gasteiger partial charge in [-0.05, 0) is 33.8 Å². The minimum absolute atomic E-state index is 0.107. The summed E-state index contributed by atoms with van der Waals surface area (Å²) in [6.07, 6.45) is -0.656. The van der Waals surface area contributed by atoms with Crippen LogP contribution in [-0.2, 0) is 0 Å². The molecule has 1 aromatic carbocycles. The third-order valence-corrected chi connectivity index (χ3v) is 3.11. The van der Waals surface area contributed by atoms with E-state index in [1.165, 1.54) is 11.0 Å². The van der Waals surface area contributed by atoms with Crippen LogP contribution in [0.3, 0.4) is 0 Å². The van der Waals surface area contributed by atoms with Gasteiger partial charge in [0.05, 0.1) is 12.1 Å². The lowest BCUT2D eigenvalue weighted by Crippen LogP contribution is -2.47. The highest BCUT2D eigenvalue weighted by molar-refractivity contribution is 5.75. The first-order valence-corrected chi connectivity index (χ1v) is 6.92. The van der Waals surface area contributed by atoms with Gasteiger partial charge in [0.15, 0.2) is 0 Å². The van der Waals surface area contributed by atoms with Crippen LogP contribution in [0.5, 0.6) is 0 Å². The minimum Gasteiger partial charge on any atom is -0.392 e. The van der Waals surface area contributed by atoms with Crippen molar-refractivity contribution in [3.63, 3.8) is 0 Å². The molecule has 1 aromatic rings. The van der Waals surface area contributed by atoms with Gasteiger partial charge in [0.2, 0.25) is 0 Å². The van der Waals surface area contributed by atoms with E-state index in [0.717, 1.165) is 12.1 Å². The number of hydrogen-bond acceptors (Lipinski definition) is 2. The number of hydrogen-bond donors (Lipinski definition) is 2. The molecule has 2 N–H and O–H groups in total. The van der Waals surface area contributed by atoms with Gasteiger partial charge in [-0.15, -0.1) is 0 Å². The number of nitrogens with zero attached hydrogens (tertiary/aromatic N) is 1. The number of amides is 2. The van der Waals surface area contributed by atoms with Crippen molar-refractivity contribution < 1.29 is 18.7 Å². The summed E-state index contributed by atoms with van der Waals surface area (Å²) in [6, 6.07) is 2.13. The number of carbonyl (C=O) groups is 1. The van der Waals surface area contributed by atoms with E-state index in [2.05, 4.69) is 5.32 Å². The predicted octanol–water partition coefficient (Wildman–Crippen LogP) is 2.83. The van der Waals surface area contributed by atoms with Crippen LogP contribution in [0, 0.1) is 11.6 Å². The van der Waals surface area contributed by atoms with Crippen molar-refractivity contribution in [3.05, 3.63) is 35.4 Å². The molecular weight excluding hydrogens is 278 g/mol. The van der Waals surface area contributed by atoms with Crippen LogP contribution in [0.4, 0.5) is 13.6 Å². The number of nitrogens with one attached hydrogen (secondary N) is 1. The van der Waals surface area contributed by atoms with Crippen molar-refractivity contribution in [1.29, 1.82) is 0 Å². The smallest absolute Gasteiger partial charge is 0.318 e. The van der Waals surface area contributed by atoms with E-state index in [1.807, 2.05) is 13.8 Å². The second-order valence-corrected chi connectivity index (χ2v) is 5.43. The van der Waals surface area contributed by atoms with Crippen molar-refractivity contribution in [2.45, 2.75) is 45.9 Å². The van der Waals surface area contributed by atoms with Gasteiger partial charge in [-0.3, -0.25) is 0 Å². The molecule has 4 nitrogen and oxygen atoms in total. The summed E-state index contributed by atoms with van der Waals surface area (Å²) in [5, 5.41) is 12.1. The number of rotatable bonds is 5. The first-order valence-electron chi connectivity index (χ1n) is 6.92. The maximum absolute atomic E-state index is 13.7. The maximum atomic E-state index is 13.7. The lowest BCUT2D eigenvalue weighted by atomic mass is 10.1. The van der Waals surface area contributed by atoms with Gasteiger partial charge in [0.25, 0.3) is 0 Å². The van der Waals surface area contributed by atoms with Crippen LogP contribution in [-0.4, -0.2) is 34.7 Å². The highest BCUT2D eigenvalue weighted by Gasteiger charge is 2.21. The first-order chi connectivity index (χ1) is 9.72. The van der Waals surface area contributed by atoms with Gasteiger partial charge >= 0.3 is 6.03 Å². The lowest BCUT2D eigenvalue weighted by molar-refractivity contribution is 0.117. The molecule has 0 aliphatic carbocycles. The summed E-state index contributed by atoms with van der Waals surface area (Å²) >= 11 is 0. The fraction of sp³-hybridized carbons (Fsp3) is 0.533. The molecule has 0 saturated carbocycles. The highest BCUT2D eigenvalue weighted by atomic mass is 19.1. The first kappa shape index (κ1) is 17.4. The average molecular weight is 300 g/mol. The fourth-order valence-corrected chi connectivity index (χ4v) is 2.01. The SMILES string of the molecule is CC(O)CN(C(=O)NC(C)c1ccc(F)cc1F)C(C)C. The molecule has 0 aliphatic rings. The normalized spacial score (nSPS) is 13.9. The molecular formula is C15H22F2N2O2. The molecule has 0 aliphatic heterocycles. The number of aliphatic hydroxyl groups is 1. The molecule has 2 amide bonds. The monoisotopic (exact) mass is 300 g/mol. The van der Waals surface area contributed by atoms with E-state index in [1.54, 1.807) is 13.8 Å². The van der Waals surface area contributed by atoms with Gasteiger partial charge in [-0.2, -0.15) is 0 Å². The zero-order valence-electron chi connectivity index (χ0n) is 12.7. The largest absolute Gasteiger partial charge is 0.392 e. The molecule has 0 bridgehead atoms. The standard InChI is InChI=1S/C15H22F2N2O2/c1-9(2)19(8-10(3)20)15(21)18-11(4)13-6-5-12(16)7-14(13)17/h5-7,9-11,20H,8H2,1-4H3,(H,18,21). The topological polar surface area (TPSA) is 52.6 Å². The second kappa shape index (κ2) is 7.36. The second-order valence-electron chi connectivity index (χ2n) is 5.43. The van der Waals surface area contributed by atoms with E-state index in [4.69, 9.17) is 0 Å². The van der Waals surface area contributed by atoms with Crippen LogP contribution in [0.1, 0.15) is 39.3 Å². The van der Waals surface area contributed by atoms with Gasteiger partial charge in [0, 0.05) is 24.2 Å². The number of benzene rings is 1. The number of halogens is 2. The van der Waals surface area contributed by atoms with Crippen molar-refractivity contribution >= 4 is 6.03 Å². The van der Waals surface area contributed by atoms with Gasteiger partial charge in [-0.1, -0.05) is 6.07 Å². The van der Waals surface area contributed by atoms with Gasteiger partial charge in [0.1, 0.15) is 11.6 Å². The Kier molecular flexibility index (Phi) is 6.08.